The summed E-state index contributed by atoms with van der Waals surface area (Å²) in [5.74, 6) is 0.871. The molecule has 3 heterocycles. The number of aromatic nitrogens is 4. The molecule has 0 spiro atoms. The average Bonchev–Trinajstić information content (AvgIpc) is 3.41. The van der Waals surface area contributed by atoms with Gasteiger partial charge >= 0.3 is 0 Å². The highest BCUT2D eigenvalue weighted by atomic mass is 16.1. The minimum absolute atomic E-state index is 0.135. The van der Waals surface area contributed by atoms with Crippen LogP contribution in [0.4, 0.5) is 5.69 Å². The molecule has 1 N–H and O–H groups in total. The molecule has 0 radical (unpaired) electrons. The van der Waals surface area contributed by atoms with Gasteiger partial charge in [-0.25, -0.2) is 9.67 Å². The number of hydrogen-bond donors (Lipinski definition) is 1. The Morgan fingerprint density at radius 2 is 1.80 bits per heavy atom. The minimum atomic E-state index is -0.135. The van der Waals surface area contributed by atoms with Crippen LogP contribution in [0.1, 0.15) is 34.5 Å². The summed E-state index contributed by atoms with van der Waals surface area (Å²) in [6.45, 7) is 3.02. The average molecular weight is 397 g/mol. The number of carbonyl (C=O) groups excluding carboxylic acids is 1. The summed E-state index contributed by atoms with van der Waals surface area (Å²) in [5.41, 5.74) is 5.76. The maximum Gasteiger partial charge on any atom is 0.255 e. The fourth-order valence-corrected chi connectivity index (χ4v) is 3.89. The molecule has 0 fully saturated rings. The lowest BCUT2D eigenvalue weighted by molar-refractivity contribution is 0.102. The Balaban J connectivity index is 1.29. The topological polar surface area (TPSA) is 64.7 Å². The molecular weight excluding hydrogens is 374 g/mol. The van der Waals surface area contributed by atoms with Crippen molar-refractivity contribution >= 4 is 11.6 Å². The molecule has 0 bridgehead atoms. The fourth-order valence-electron chi connectivity index (χ4n) is 3.89. The van der Waals surface area contributed by atoms with Gasteiger partial charge in [0.1, 0.15) is 5.82 Å². The first kappa shape index (κ1) is 18.4. The van der Waals surface area contributed by atoms with E-state index in [9.17, 15) is 4.79 Å². The Hall–Kier alpha value is -3.67. The lowest BCUT2D eigenvalue weighted by Gasteiger charge is -2.16. The van der Waals surface area contributed by atoms with E-state index in [1.54, 1.807) is 4.68 Å². The lowest BCUT2D eigenvalue weighted by atomic mass is 10.1. The SMILES string of the molecule is Cc1cnn(-c2ccc(C(=O)Nc3ccc(-c4ncc5n4CCCC5)cc3)cc2)c1. The summed E-state index contributed by atoms with van der Waals surface area (Å²) >= 11 is 0. The maximum atomic E-state index is 12.6. The Bertz CT molecular complexity index is 1190. The molecule has 6 nitrogen and oxygen atoms in total. The van der Waals surface area contributed by atoms with E-state index in [0.29, 0.717) is 5.56 Å². The summed E-state index contributed by atoms with van der Waals surface area (Å²) in [6, 6.07) is 15.3. The molecule has 2 aromatic heterocycles. The third kappa shape index (κ3) is 3.52. The number of carbonyl (C=O) groups is 1. The standard InChI is InChI=1S/C24H23N5O/c1-17-14-26-29(16-17)21-11-7-19(8-12-21)24(30)27-20-9-5-18(6-10-20)23-25-15-22-4-2-3-13-28(22)23/h5-12,14-16H,2-4,13H2,1H3,(H,27,30). The van der Waals surface area contributed by atoms with Crippen molar-refractivity contribution in [3.8, 4) is 17.1 Å². The summed E-state index contributed by atoms with van der Waals surface area (Å²) in [6.07, 6.45) is 9.28. The molecule has 6 heteroatoms. The monoisotopic (exact) mass is 397 g/mol. The van der Waals surface area contributed by atoms with Crippen molar-refractivity contribution in [1.82, 2.24) is 19.3 Å². The van der Waals surface area contributed by atoms with Crippen molar-refractivity contribution in [2.45, 2.75) is 32.7 Å². The molecule has 1 amide bonds. The van der Waals surface area contributed by atoms with Crippen LogP contribution in [0.15, 0.2) is 67.1 Å². The van der Waals surface area contributed by atoms with Crippen molar-refractivity contribution in [3.63, 3.8) is 0 Å². The molecule has 4 aromatic rings. The van der Waals surface area contributed by atoms with Gasteiger partial charge in [-0.3, -0.25) is 4.79 Å². The Morgan fingerprint density at radius 3 is 2.53 bits per heavy atom. The third-order valence-electron chi connectivity index (χ3n) is 5.51. The molecular formula is C24H23N5O. The first-order chi connectivity index (χ1) is 14.7. The van der Waals surface area contributed by atoms with Crippen molar-refractivity contribution in [2.24, 2.45) is 0 Å². The van der Waals surface area contributed by atoms with Crippen LogP contribution in [0, 0.1) is 6.92 Å². The van der Waals surface area contributed by atoms with E-state index in [0.717, 1.165) is 41.3 Å². The van der Waals surface area contributed by atoms with Crippen molar-refractivity contribution in [2.75, 3.05) is 5.32 Å². The van der Waals surface area contributed by atoms with Crippen LogP contribution in [0.3, 0.4) is 0 Å². The predicted molar refractivity (Wildman–Crippen MR) is 117 cm³/mol. The van der Waals surface area contributed by atoms with Crippen molar-refractivity contribution in [3.05, 3.63) is 83.9 Å². The molecule has 1 aliphatic heterocycles. The van der Waals surface area contributed by atoms with Gasteiger partial charge in [-0.15, -0.1) is 0 Å². The maximum absolute atomic E-state index is 12.6. The number of aryl methyl sites for hydroxylation is 2. The van der Waals surface area contributed by atoms with E-state index in [1.807, 2.05) is 74.0 Å². The second-order valence-corrected chi connectivity index (χ2v) is 7.72. The Kier molecular flexibility index (Phi) is 4.67. The molecule has 0 saturated carbocycles. The van der Waals surface area contributed by atoms with Crippen LogP contribution in [0.25, 0.3) is 17.1 Å². The van der Waals surface area contributed by atoms with Gasteiger partial charge in [0.2, 0.25) is 0 Å². The molecule has 0 saturated heterocycles. The van der Waals surface area contributed by atoms with E-state index in [4.69, 9.17) is 0 Å². The molecule has 0 unspecified atom stereocenters. The normalized spacial score (nSPS) is 13.1. The van der Waals surface area contributed by atoms with Gasteiger partial charge in [-0.05, 0) is 80.3 Å². The fraction of sp³-hybridized carbons (Fsp3) is 0.208. The molecule has 5 rings (SSSR count). The lowest BCUT2D eigenvalue weighted by Crippen LogP contribution is -2.12. The highest BCUT2D eigenvalue weighted by molar-refractivity contribution is 6.04. The van der Waals surface area contributed by atoms with Crippen LogP contribution in [0.2, 0.25) is 0 Å². The molecule has 0 atom stereocenters. The smallest absolute Gasteiger partial charge is 0.255 e. The van der Waals surface area contributed by atoms with E-state index in [-0.39, 0.29) is 5.91 Å². The molecule has 150 valence electrons. The zero-order chi connectivity index (χ0) is 20.5. The number of anilines is 1. The number of rotatable bonds is 4. The van der Waals surface area contributed by atoms with Crippen molar-refractivity contribution < 1.29 is 4.79 Å². The highest BCUT2D eigenvalue weighted by Crippen LogP contribution is 2.25. The van der Waals surface area contributed by atoms with Crippen LogP contribution in [-0.2, 0) is 13.0 Å². The van der Waals surface area contributed by atoms with Gasteiger partial charge < -0.3 is 9.88 Å². The van der Waals surface area contributed by atoms with Crippen LogP contribution in [-0.4, -0.2) is 25.2 Å². The molecule has 30 heavy (non-hydrogen) atoms. The first-order valence-electron chi connectivity index (χ1n) is 10.3. The van der Waals surface area contributed by atoms with Gasteiger partial charge in [0.05, 0.1) is 11.9 Å². The van der Waals surface area contributed by atoms with Gasteiger partial charge in [0, 0.05) is 41.4 Å². The number of amides is 1. The summed E-state index contributed by atoms with van der Waals surface area (Å²) in [4.78, 5) is 17.2. The second kappa shape index (κ2) is 7.63. The number of nitrogens with zero attached hydrogens (tertiary/aromatic N) is 4. The molecule has 0 aliphatic carbocycles. The molecule has 1 aliphatic rings. The third-order valence-corrected chi connectivity index (χ3v) is 5.51. The molecule has 2 aromatic carbocycles. The minimum Gasteiger partial charge on any atom is -0.328 e. The van der Waals surface area contributed by atoms with Gasteiger partial charge in [0.25, 0.3) is 5.91 Å². The number of benzene rings is 2. The predicted octanol–water partition coefficient (Wildman–Crippen LogP) is 4.63. The Labute approximate surface area is 175 Å². The van der Waals surface area contributed by atoms with Crippen LogP contribution in [0.5, 0.6) is 0 Å². The van der Waals surface area contributed by atoms with E-state index in [1.165, 1.54) is 18.5 Å². The quantitative estimate of drug-likeness (QED) is 0.546. The number of hydrogen-bond acceptors (Lipinski definition) is 3. The van der Waals surface area contributed by atoms with E-state index >= 15 is 0 Å². The second-order valence-electron chi connectivity index (χ2n) is 7.72. The van der Waals surface area contributed by atoms with Gasteiger partial charge in [-0.1, -0.05) is 0 Å². The largest absolute Gasteiger partial charge is 0.328 e. The van der Waals surface area contributed by atoms with Crippen molar-refractivity contribution in [1.29, 1.82) is 0 Å². The van der Waals surface area contributed by atoms with Gasteiger partial charge in [-0.2, -0.15) is 5.10 Å². The zero-order valence-corrected chi connectivity index (χ0v) is 16.9. The first-order valence-corrected chi connectivity index (χ1v) is 10.3. The summed E-state index contributed by atoms with van der Waals surface area (Å²) < 4.78 is 4.10. The number of fused-ring (bicyclic) bond motifs is 1. The number of imidazole rings is 1. The van der Waals surface area contributed by atoms with E-state index in [2.05, 4.69) is 20.0 Å². The van der Waals surface area contributed by atoms with E-state index < -0.39 is 0 Å². The number of nitrogens with one attached hydrogen (secondary N) is 1. The van der Waals surface area contributed by atoms with Gasteiger partial charge in [0.15, 0.2) is 0 Å². The summed E-state index contributed by atoms with van der Waals surface area (Å²) in [5, 5.41) is 7.26. The Morgan fingerprint density at radius 1 is 1.00 bits per heavy atom. The van der Waals surface area contributed by atoms with Crippen LogP contribution < -0.4 is 5.32 Å². The van der Waals surface area contributed by atoms with Crippen LogP contribution >= 0.6 is 0 Å². The zero-order valence-electron chi connectivity index (χ0n) is 16.9. The summed E-state index contributed by atoms with van der Waals surface area (Å²) in [7, 11) is 0. The highest BCUT2D eigenvalue weighted by Gasteiger charge is 2.15.